The van der Waals surface area contributed by atoms with Crippen LogP contribution >= 0.6 is 0 Å². The Kier molecular flexibility index (Phi) is 4.41. The van der Waals surface area contributed by atoms with Gasteiger partial charge in [0.25, 0.3) is 0 Å². The molecule has 0 spiro atoms. The fraction of sp³-hybridized carbons (Fsp3) is 0.800. The fourth-order valence-corrected chi connectivity index (χ4v) is 1.54. The molecule has 0 bridgehead atoms. The molecule has 0 saturated carbocycles. The Morgan fingerprint density at radius 3 is 3.07 bits per heavy atom. The molecule has 1 rings (SSSR count). The van der Waals surface area contributed by atoms with E-state index in [9.17, 15) is 4.79 Å². The Bertz CT molecular complexity index is 229. The summed E-state index contributed by atoms with van der Waals surface area (Å²) in [4.78, 5) is 12.9. The minimum absolute atomic E-state index is 0.0297. The van der Waals surface area contributed by atoms with Crippen molar-refractivity contribution in [2.24, 2.45) is 0 Å². The van der Waals surface area contributed by atoms with Gasteiger partial charge < -0.3 is 9.64 Å². The van der Waals surface area contributed by atoms with Crippen LogP contribution < -0.4 is 0 Å². The van der Waals surface area contributed by atoms with Crippen molar-refractivity contribution in [2.75, 3.05) is 20.2 Å². The van der Waals surface area contributed by atoms with Crippen LogP contribution in [0.2, 0.25) is 0 Å². The Morgan fingerprint density at radius 2 is 2.50 bits per heavy atom. The number of ether oxygens (including phenoxy) is 1. The van der Waals surface area contributed by atoms with E-state index in [0.717, 1.165) is 25.9 Å². The molecule has 1 saturated heterocycles. The number of nitriles is 1. The van der Waals surface area contributed by atoms with E-state index in [0.29, 0.717) is 6.42 Å². The lowest BCUT2D eigenvalue weighted by Crippen LogP contribution is -2.27. The van der Waals surface area contributed by atoms with Gasteiger partial charge in [0.05, 0.1) is 12.2 Å². The molecule has 0 N–H and O–H groups in total. The summed E-state index contributed by atoms with van der Waals surface area (Å²) < 4.78 is 5.41. The molecule has 4 heteroatoms. The molecule has 1 aliphatic heterocycles. The second-order valence-corrected chi connectivity index (χ2v) is 3.58. The molecule has 0 aliphatic carbocycles. The summed E-state index contributed by atoms with van der Waals surface area (Å²) in [6.45, 7) is 0.997. The number of nitrogens with zero attached hydrogens (tertiary/aromatic N) is 2. The number of hydrogen-bond donors (Lipinski definition) is 0. The lowest BCUT2D eigenvalue weighted by atomic mass is 10.1. The molecule has 1 aliphatic rings. The van der Waals surface area contributed by atoms with Gasteiger partial charge in [-0.2, -0.15) is 5.26 Å². The first-order valence-corrected chi connectivity index (χ1v) is 4.96. The van der Waals surface area contributed by atoms with Crippen molar-refractivity contribution >= 4 is 5.91 Å². The number of amides is 1. The fourth-order valence-electron chi connectivity index (χ4n) is 1.54. The third-order valence-corrected chi connectivity index (χ3v) is 2.44. The van der Waals surface area contributed by atoms with Gasteiger partial charge in [0, 0.05) is 20.1 Å². The molecule has 0 aromatic heterocycles. The zero-order valence-electron chi connectivity index (χ0n) is 8.53. The van der Waals surface area contributed by atoms with E-state index in [-0.39, 0.29) is 18.6 Å². The van der Waals surface area contributed by atoms with Gasteiger partial charge in [-0.25, -0.2) is 0 Å². The van der Waals surface area contributed by atoms with Gasteiger partial charge >= 0.3 is 0 Å². The van der Waals surface area contributed by atoms with Crippen molar-refractivity contribution in [1.82, 2.24) is 4.90 Å². The molecule has 78 valence electrons. The second kappa shape index (κ2) is 5.61. The van der Waals surface area contributed by atoms with Crippen LogP contribution in [0.4, 0.5) is 0 Å². The highest BCUT2D eigenvalue weighted by molar-refractivity contribution is 5.76. The maximum absolute atomic E-state index is 11.4. The van der Waals surface area contributed by atoms with Crippen molar-refractivity contribution in [3.05, 3.63) is 0 Å². The van der Waals surface area contributed by atoms with Crippen LogP contribution in [0.25, 0.3) is 0 Å². The molecule has 1 unspecified atom stereocenters. The summed E-state index contributed by atoms with van der Waals surface area (Å²) in [7, 11) is 1.65. The molecule has 1 heterocycles. The molecule has 1 fully saturated rings. The van der Waals surface area contributed by atoms with Crippen LogP contribution in [0.5, 0.6) is 0 Å². The Hall–Kier alpha value is -1.08. The quantitative estimate of drug-likeness (QED) is 0.628. The highest BCUT2D eigenvalue weighted by atomic mass is 16.5. The van der Waals surface area contributed by atoms with Gasteiger partial charge in [0.1, 0.15) is 6.54 Å². The van der Waals surface area contributed by atoms with Gasteiger partial charge in [-0.15, -0.1) is 0 Å². The molecule has 0 aromatic rings. The summed E-state index contributed by atoms with van der Waals surface area (Å²) >= 11 is 0. The van der Waals surface area contributed by atoms with Crippen LogP contribution in [0.3, 0.4) is 0 Å². The zero-order valence-corrected chi connectivity index (χ0v) is 8.53. The SMILES string of the molecule is CN(CC#N)C(=O)CCC1CCCO1. The minimum Gasteiger partial charge on any atom is -0.378 e. The van der Waals surface area contributed by atoms with Crippen molar-refractivity contribution in [3.63, 3.8) is 0 Å². The standard InChI is InChI=1S/C10H16N2O2/c1-12(7-6-11)10(13)5-4-9-3-2-8-14-9/h9H,2-5,7-8H2,1H3. The second-order valence-electron chi connectivity index (χ2n) is 3.58. The molecular weight excluding hydrogens is 180 g/mol. The minimum atomic E-state index is 0.0297. The van der Waals surface area contributed by atoms with Crippen LogP contribution in [0.15, 0.2) is 0 Å². The number of rotatable bonds is 4. The third-order valence-electron chi connectivity index (χ3n) is 2.44. The van der Waals surface area contributed by atoms with Crippen molar-refractivity contribution in [3.8, 4) is 6.07 Å². The number of hydrogen-bond acceptors (Lipinski definition) is 3. The van der Waals surface area contributed by atoms with Crippen LogP contribution in [0, 0.1) is 11.3 Å². The van der Waals surface area contributed by atoms with Gasteiger partial charge in [-0.3, -0.25) is 4.79 Å². The Morgan fingerprint density at radius 1 is 1.71 bits per heavy atom. The predicted octanol–water partition coefficient (Wildman–Crippen LogP) is 0.928. The molecule has 1 amide bonds. The van der Waals surface area contributed by atoms with Crippen LogP contribution in [-0.4, -0.2) is 37.1 Å². The van der Waals surface area contributed by atoms with Crippen molar-refractivity contribution in [2.45, 2.75) is 31.8 Å². The van der Waals surface area contributed by atoms with E-state index in [1.807, 2.05) is 6.07 Å². The van der Waals surface area contributed by atoms with E-state index in [1.54, 1.807) is 7.05 Å². The highest BCUT2D eigenvalue weighted by Gasteiger charge is 2.17. The maximum Gasteiger partial charge on any atom is 0.223 e. The van der Waals surface area contributed by atoms with Crippen molar-refractivity contribution < 1.29 is 9.53 Å². The molecule has 14 heavy (non-hydrogen) atoms. The van der Waals surface area contributed by atoms with Crippen LogP contribution in [-0.2, 0) is 9.53 Å². The monoisotopic (exact) mass is 196 g/mol. The van der Waals surface area contributed by atoms with Gasteiger partial charge in [0.2, 0.25) is 5.91 Å². The van der Waals surface area contributed by atoms with Gasteiger partial charge in [-0.05, 0) is 19.3 Å². The molecule has 4 nitrogen and oxygen atoms in total. The average molecular weight is 196 g/mol. The summed E-state index contributed by atoms with van der Waals surface area (Å²) in [5.74, 6) is 0.0297. The van der Waals surface area contributed by atoms with E-state index >= 15 is 0 Å². The largest absolute Gasteiger partial charge is 0.378 e. The van der Waals surface area contributed by atoms with Crippen LogP contribution in [0.1, 0.15) is 25.7 Å². The summed E-state index contributed by atoms with van der Waals surface area (Å²) in [6, 6.07) is 1.95. The topological polar surface area (TPSA) is 53.3 Å². The summed E-state index contributed by atoms with van der Waals surface area (Å²) in [5.41, 5.74) is 0. The van der Waals surface area contributed by atoms with E-state index < -0.39 is 0 Å². The molecule has 1 atom stereocenters. The molecular formula is C10H16N2O2. The van der Waals surface area contributed by atoms with E-state index in [1.165, 1.54) is 4.90 Å². The molecule has 0 radical (unpaired) electrons. The maximum atomic E-state index is 11.4. The lowest BCUT2D eigenvalue weighted by Gasteiger charge is -2.14. The van der Waals surface area contributed by atoms with Crippen molar-refractivity contribution in [1.29, 1.82) is 5.26 Å². The van der Waals surface area contributed by atoms with Gasteiger partial charge in [0.15, 0.2) is 0 Å². The molecule has 0 aromatic carbocycles. The summed E-state index contributed by atoms with van der Waals surface area (Å²) in [5, 5.41) is 8.40. The number of carbonyl (C=O) groups excluding carboxylic acids is 1. The lowest BCUT2D eigenvalue weighted by molar-refractivity contribution is -0.129. The number of carbonyl (C=O) groups is 1. The Balaban J connectivity index is 2.17. The Labute approximate surface area is 84.4 Å². The van der Waals surface area contributed by atoms with E-state index in [4.69, 9.17) is 10.00 Å². The average Bonchev–Trinajstić information content (AvgIpc) is 2.67. The third kappa shape index (κ3) is 3.35. The summed E-state index contributed by atoms with van der Waals surface area (Å²) in [6.07, 6.45) is 3.70. The van der Waals surface area contributed by atoms with Gasteiger partial charge in [-0.1, -0.05) is 0 Å². The predicted molar refractivity (Wildman–Crippen MR) is 51.5 cm³/mol. The smallest absolute Gasteiger partial charge is 0.223 e. The first-order valence-electron chi connectivity index (χ1n) is 4.96. The van der Waals surface area contributed by atoms with E-state index in [2.05, 4.69) is 0 Å². The first kappa shape index (κ1) is 11.0. The highest BCUT2D eigenvalue weighted by Crippen LogP contribution is 2.16. The zero-order chi connectivity index (χ0) is 10.4. The first-order chi connectivity index (χ1) is 6.74. The normalized spacial score (nSPS) is 20.4.